The van der Waals surface area contributed by atoms with Crippen molar-refractivity contribution in [3.05, 3.63) is 69.8 Å². The van der Waals surface area contributed by atoms with E-state index in [9.17, 15) is 14.7 Å². The summed E-state index contributed by atoms with van der Waals surface area (Å²) >= 11 is 12.3. The van der Waals surface area contributed by atoms with Gasteiger partial charge in [-0.25, -0.2) is 9.48 Å². The molecule has 0 saturated heterocycles. The van der Waals surface area contributed by atoms with E-state index in [2.05, 4.69) is 5.10 Å². The van der Waals surface area contributed by atoms with E-state index in [0.29, 0.717) is 27.0 Å². The fourth-order valence-corrected chi connectivity index (χ4v) is 3.19. The summed E-state index contributed by atoms with van der Waals surface area (Å²) in [4.78, 5) is 24.0. The summed E-state index contributed by atoms with van der Waals surface area (Å²) in [5.74, 6) is -1.79. The first-order valence-corrected chi connectivity index (χ1v) is 9.19. The van der Waals surface area contributed by atoms with Crippen molar-refractivity contribution in [2.75, 3.05) is 6.61 Å². The van der Waals surface area contributed by atoms with Gasteiger partial charge in [-0.05, 0) is 31.2 Å². The molecule has 0 unspecified atom stereocenters. The van der Waals surface area contributed by atoms with Gasteiger partial charge in [-0.2, -0.15) is 5.10 Å². The topological polar surface area (TPSA) is 81.4 Å². The molecule has 28 heavy (non-hydrogen) atoms. The van der Waals surface area contributed by atoms with Gasteiger partial charge in [0.1, 0.15) is 0 Å². The van der Waals surface area contributed by atoms with Crippen molar-refractivity contribution in [1.29, 1.82) is 0 Å². The maximum Gasteiger partial charge on any atom is 0.356 e. The number of carboxylic acids is 1. The second-order valence-electron chi connectivity index (χ2n) is 5.83. The van der Waals surface area contributed by atoms with Gasteiger partial charge in [0.05, 0.1) is 29.4 Å². The fourth-order valence-electron chi connectivity index (χ4n) is 2.85. The minimum atomic E-state index is -1.25. The van der Waals surface area contributed by atoms with Crippen molar-refractivity contribution in [1.82, 2.24) is 9.78 Å². The number of aromatic carboxylic acids is 1. The molecule has 1 heterocycles. The van der Waals surface area contributed by atoms with Gasteiger partial charge in [-0.3, -0.25) is 4.79 Å². The summed E-state index contributed by atoms with van der Waals surface area (Å²) in [6.45, 7) is 1.87. The second kappa shape index (κ2) is 8.46. The molecule has 0 aliphatic heterocycles. The first-order chi connectivity index (χ1) is 13.4. The van der Waals surface area contributed by atoms with Crippen LogP contribution in [0.1, 0.15) is 23.0 Å². The smallest absolute Gasteiger partial charge is 0.356 e. The molecule has 0 aliphatic carbocycles. The molecule has 6 nitrogen and oxygen atoms in total. The highest BCUT2D eigenvalue weighted by Gasteiger charge is 2.27. The number of carbonyl (C=O) groups is 2. The number of carboxylic acid groups (broad SMARTS) is 1. The van der Waals surface area contributed by atoms with Crippen molar-refractivity contribution in [2.24, 2.45) is 0 Å². The number of para-hydroxylation sites is 1. The molecular formula is C20H16Cl2N2O4. The molecule has 0 radical (unpaired) electrons. The third-order valence-corrected chi connectivity index (χ3v) is 4.58. The first kappa shape index (κ1) is 19.9. The molecule has 1 aromatic heterocycles. The van der Waals surface area contributed by atoms with Crippen molar-refractivity contribution in [3.63, 3.8) is 0 Å². The number of aromatic nitrogens is 2. The molecular weight excluding hydrogens is 403 g/mol. The van der Waals surface area contributed by atoms with Crippen LogP contribution in [0.25, 0.3) is 16.9 Å². The Morgan fingerprint density at radius 2 is 1.79 bits per heavy atom. The number of esters is 1. The number of nitrogens with zero attached hydrogens (tertiary/aromatic N) is 2. The number of ether oxygens (including phenoxy) is 1. The maximum absolute atomic E-state index is 12.1. The van der Waals surface area contributed by atoms with Crippen LogP contribution in [0.3, 0.4) is 0 Å². The lowest BCUT2D eigenvalue weighted by Crippen LogP contribution is -2.11. The summed E-state index contributed by atoms with van der Waals surface area (Å²) < 4.78 is 6.45. The Morgan fingerprint density at radius 1 is 1.11 bits per heavy atom. The number of halogens is 2. The van der Waals surface area contributed by atoms with Crippen LogP contribution in [0, 0.1) is 0 Å². The highest BCUT2D eigenvalue weighted by molar-refractivity contribution is 6.32. The SMILES string of the molecule is CCOC(=O)Cc1c(C(=O)O)nn(-c2ccccc2Cl)c1-c1ccc(Cl)cc1. The predicted molar refractivity (Wildman–Crippen MR) is 106 cm³/mol. The van der Waals surface area contributed by atoms with Gasteiger partial charge in [-0.15, -0.1) is 0 Å². The molecule has 0 fully saturated rings. The van der Waals surface area contributed by atoms with Crippen molar-refractivity contribution >= 4 is 35.1 Å². The number of benzene rings is 2. The van der Waals surface area contributed by atoms with Gasteiger partial charge in [0.15, 0.2) is 5.69 Å². The molecule has 0 bridgehead atoms. The zero-order chi connectivity index (χ0) is 20.3. The van der Waals surface area contributed by atoms with Crippen molar-refractivity contribution < 1.29 is 19.4 Å². The van der Waals surface area contributed by atoms with E-state index in [0.717, 1.165) is 0 Å². The molecule has 8 heteroatoms. The molecule has 144 valence electrons. The monoisotopic (exact) mass is 418 g/mol. The van der Waals surface area contributed by atoms with E-state index >= 15 is 0 Å². The van der Waals surface area contributed by atoms with Crippen LogP contribution in [0.2, 0.25) is 10.0 Å². The van der Waals surface area contributed by atoms with Crippen LogP contribution in [0.15, 0.2) is 48.5 Å². The summed E-state index contributed by atoms with van der Waals surface area (Å²) in [6.07, 6.45) is -0.238. The molecule has 3 aromatic rings. The predicted octanol–water partition coefficient (Wildman–Crippen LogP) is 4.65. The van der Waals surface area contributed by atoms with Crippen LogP contribution >= 0.6 is 23.2 Å². The normalized spacial score (nSPS) is 10.7. The largest absolute Gasteiger partial charge is 0.476 e. The molecule has 0 amide bonds. The van der Waals surface area contributed by atoms with Gasteiger partial charge >= 0.3 is 11.9 Å². The average Bonchev–Trinajstić information content (AvgIpc) is 3.02. The fraction of sp³-hybridized carbons (Fsp3) is 0.150. The van der Waals surface area contributed by atoms with Crippen LogP contribution in [0.5, 0.6) is 0 Å². The summed E-state index contributed by atoms with van der Waals surface area (Å²) in [5.41, 5.74) is 1.58. The maximum atomic E-state index is 12.1. The number of rotatable bonds is 6. The minimum Gasteiger partial charge on any atom is -0.476 e. The number of hydrogen-bond donors (Lipinski definition) is 1. The van der Waals surface area contributed by atoms with Gasteiger partial charge < -0.3 is 9.84 Å². The van der Waals surface area contributed by atoms with Gasteiger partial charge in [0.25, 0.3) is 0 Å². The molecule has 0 saturated carbocycles. The summed E-state index contributed by atoms with van der Waals surface area (Å²) in [5, 5.41) is 14.8. The highest BCUT2D eigenvalue weighted by atomic mass is 35.5. The van der Waals surface area contributed by atoms with Gasteiger partial charge in [0.2, 0.25) is 0 Å². The van der Waals surface area contributed by atoms with Crippen molar-refractivity contribution in [3.8, 4) is 16.9 Å². The average molecular weight is 419 g/mol. The summed E-state index contributed by atoms with van der Waals surface area (Å²) in [6, 6.07) is 13.7. The van der Waals surface area contributed by atoms with Crippen LogP contribution < -0.4 is 0 Å². The molecule has 3 rings (SSSR count). The number of hydrogen-bond acceptors (Lipinski definition) is 4. The highest BCUT2D eigenvalue weighted by Crippen LogP contribution is 2.33. The minimum absolute atomic E-state index is 0.191. The lowest BCUT2D eigenvalue weighted by molar-refractivity contribution is -0.142. The Balaban J connectivity index is 2.30. The zero-order valence-corrected chi connectivity index (χ0v) is 16.4. The Labute approximate surface area is 171 Å². The second-order valence-corrected chi connectivity index (χ2v) is 6.68. The Morgan fingerprint density at radius 3 is 2.39 bits per heavy atom. The van der Waals surface area contributed by atoms with E-state index in [1.807, 2.05) is 0 Å². The molecule has 0 spiro atoms. The zero-order valence-electron chi connectivity index (χ0n) is 14.9. The molecule has 2 aromatic carbocycles. The lowest BCUT2D eigenvalue weighted by atomic mass is 10.0. The van der Waals surface area contributed by atoms with Gasteiger partial charge in [-0.1, -0.05) is 47.5 Å². The van der Waals surface area contributed by atoms with Crippen molar-refractivity contribution in [2.45, 2.75) is 13.3 Å². The number of carbonyl (C=O) groups excluding carboxylic acids is 1. The van der Waals surface area contributed by atoms with Gasteiger partial charge in [0, 0.05) is 16.1 Å². The summed E-state index contributed by atoms with van der Waals surface area (Å²) in [7, 11) is 0. The lowest BCUT2D eigenvalue weighted by Gasteiger charge is -2.11. The Kier molecular flexibility index (Phi) is 6.02. The van der Waals surface area contributed by atoms with E-state index in [-0.39, 0.29) is 24.3 Å². The molecule has 1 N–H and O–H groups in total. The quantitative estimate of drug-likeness (QED) is 0.589. The molecule has 0 atom stereocenters. The Hall–Kier alpha value is -2.83. The van der Waals surface area contributed by atoms with E-state index < -0.39 is 11.9 Å². The van der Waals surface area contributed by atoms with Crippen LogP contribution in [-0.2, 0) is 16.0 Å². The third-order valence-electron chi connectivity index (χ3n) is 4.01. The Bertz CT molecular complexity index is 1030. The first-order valence-electron chi connectivity index (χ1n) is 8.44. The van der Waals surface area contributed by atoms with Crippen LogP contribution in [0.4, 0.5) is 0 Å². The molecule has 0 aliphatic rings. The van der Waals surface area contributed by atoms with E-state index in [4.69, 9.17) is 27.9 Å². The van der Waals surface area contributed by atoms with E-state index in [1.165, 1.54) is 4.68 Å². The third kappa shape index (κ3) is 4.03. The van der Waals surface area contributed by atoms with Crippen LogP contribution in [-0.4, -0.2) is 33.4 Å². The standard InChI is InChI=1S/C20H16Cl2N2O4/c1-2-28-17(25)11-14-18(20(26)27)23-24(16-6-4-3-5-15(16)22)19(14)12-7-9-13(21)10-8-12/h3-10H,2,11H2,1H3,(H,26,27). The van der Waals surface area contributed by atoms with E-state index in [1.54, 1.807) is 55.5 Å².